The SMILES string of the molecule is CC1=C(CCC(OCC(C)O[N+](=O)[O-])O[N+](=O)[O-])C(=O)c2ccccc2C1=O. The van der Waals surface area contributed by atoms with E-state index in [0.717, 1.165) is 0 Å². The van der Waals surface area contributed by atoms with E-state index < -0.39 is 22.6 Å². The third-order valence-electron chi connectivity index (χ3n) is 4.10. The summed E-state index contributed by atoms with van der Waals surface area (Å²) in [4.78, 5) is 54.7. The highest BCUT2D eigenvalue weighted by molar-refractivity contribution is 6.26. The largest absolute Gasteiger partial charge is 0.350 e. The van der Waals surface area contributed by atoms with Gasteiger partial charge in [0.05, 0.1) is 6.61 Å². The summed E-state index contributed by atoms with van der Waals surface area (Å²) in [5.74, 6) is -0.622. The number of hydrogen-bond acceptors (Lipinski definition) is 9. The molecule has 0 amide bonds. The zero-order valence-electron chi connectivity index (χ0n) is 15.2. The number of carbonyl (C=O) groups is 2. The normalized spacial score (nSPS) is 15.6. The van der Waals surface area contributed by atoms with Gasteiger partial charge in [-0.15, -0.1) is 20.2 Å². The van der Waals surface area contributed by atoms with Crippen molar-refractivity contribution in [1.82, 2.24) is 0 Å². The minimum Gasteiger partial charge on any atom is -0.350 e. The fourth-order valence-corrected chi connectivity index (χ4v) is 2.80. The molecule has 150 valence electrons. The van der Waals surface area contributed by atoms with Gasteiger partial charge in [-0.3, -0.25) is 14.4 Å². The third-order valence-corrected chi connectivity index (χ3v) is 4.10. The van der Waals surface area contributed by atoms with Gasteiger partial charge in [0.25, 0.3) is 10.2 Å². The van der Waals surface area contributed by atoms with Crippen LogP contribution in [0.2, 0.25) is 0 Å². The lowest BCUT2D eigenvalue weighted by atomic mass is 9.83. The van der Waals surface area contributed by atoms with Gasteiger partial charge >= 0.3 is 0 Å². The van der Waals surface area contributed by atoms with Crippen molar-refractivity contribution in [2.45, 2.75) is 39.1 Å². The minimum atomic E-state index is -1.38. The maximum Gasteiger partial charge on any atom is 0.297 e. The number of ether oxygens (including phenoxy) is 1. The molecule has 1 aliphatic carbocycles. The van der Waals surface area contributed by atoms with Crippen LogP contribution in [-0.2, 0) is 14.4 Å². The van der Waals surface area contributed by atoms with Crippen LogP contribution in [0, 0.1) is 20.2 Å². The quantitative estimate of drug-likeness (QED) is 0.331. The molecule has 28 heavy (non-hydrogen) atoms. The maximum atomic E-state index is 12.7. The smallest absolute Gasteiger partial charge is 0.297 e. The molecular formula is C17H18N2O9. The van der Waals surface area contributed by atoms with Crippen LogP contribution in [0.1, 0.15) is 47.4 Å². The topological polar surface area (TPSA) is 148 Å². The number of hydrogen-bond donors (Lipinski definition) is 0. The predicted octanol–water partition coefficient (Wildman–Crippen LogP) is 2.31. The number of carbonyl (C=O) groups excluding carboxylic acids is 2. The van der Waals surface area contributed by atoms with Crippen molar-refractivity contribution in [1.29, 1.82) is 0 Å². The van der Waals surface area contributed by atoms with Crippen LogP contribution in [0.25, 0.3) is 0 Å². The van der Waals surface area contributed by atoms with Crippen LogP contribution in [0.3, 0.4) is 0 Å². The standard InChI is InChI=1S/C17H18N2O9/c1-10(27-18(22)23)9-26-15(28-19(24)25)8-7-12-11(2)16(20)13-5-3-4-6-14(13)17(12)21/h3-6,10,15H,7-9H2,1-2H3. The Morgan fingerprint density at radius 3 is 2.14 bits per heavy atom. The lowest BCUT2D eigenvalue weighted by Gasteiger charge is -2.21. The summed E-state index contributed by atoms with van der Waals surface area (Å²) < 4.78 is 5.16. The molecule has 0 fully saturated rings. The Hall–Kier alpha value is -3.34. The van der Waals surface area contributed by atoms with E-state index in [4.69, 9.17) is 4.74 Å². The Morgan fingerprint density at radius 2 is 1.57 bits per heavy atom. The first-order valence-corrected chi connectivity index (χ1v) is 8.32. The minimum absolute atomic E-state index is 0.00623. The molecule has 1 aromatic rings. The Morgan fingerprint density at radius 1 is 1.00 bits per heavy atom. The number of Topliss-reactive ketones (excluding diaryl/α,β-unsaturated/α-hetero) is 2. The molecule has 0 spiro atoms. The number of benzene rings is 1. The van der Waals surface area contributed by atoms with Crippen molar-refractivity contribution in [2.24, 2.45) is 0 Å². The van der Waals surface area contributed by atoms with Crippen LogP contribution >= 0.6 is 0 Å². The number of fused-ring (bicyclic) bond motifs is 1. The Kier molecular flexibility index (Phi) is 6.77. The summed E-state index contributed by atoms with van der Waals surface area (Å²) in [6.07, 6.45) is -2.47. The average Bonchev–Trinajstić information content (AvgIpc) is 2.63. The lowest BCUT2D eigenvalue weighted by Crippen LogP contribution is -2.28. The van der Waals surface area contributed by atoms with Crippen LogP contribution in [0.15, 0.2) is 35.4 Å². The summed E-state index contributed by atoms with van der Waals surface area (Å²) in [5, 5.41) is 18.9. The molecule has 0 N–H and O–H groups in total. The first-order valence-electron chi connectivity index (χ1n) is 8.32. The fourth-order valence-electron chi connectivity index (χ4n) is 2.80. The molecule has 0 saturated carbocycles. The molecule has 2 unspecified atom stereocenters. The zero-order valence-corrected chi connectivity index (χ0v) is 15.2. The summed E-state index contributed by atoms with van der Waals surface area (Å²) in [7, 11) is 0. The first-order chi connectivity index (χ1) is 13.2. The van der Waals surface area contributed by atoms with Crippen LogP contribution in [-0.4, -0.2) is 40.7 Å². The van der Waals surface area contributed by atoms with Gasteiger partial charge < -0.3 is 9.57 Å². The van der Waals surface area contributed by atoms with Crippen molar-refractivity contribution in [3.63, 3.8) is 0 Å². The second kappa shape index (κ2) is 9.04. The predicted molar refractivity (Wildman–Crippen MR) is 92.4 cm³/mol. The summed E-state index contributed by atoms with van der Waals surface area (Å²) >= 11 is 0. The molecule has 2 atom stereocenters. The summed E-state index contributed by atoms with van der Waals surface area (Å²) in [5.41, 5.74) is 1.06. The molecule has 0 saturated heterocycles. The Labute approximate surface area is 159 Å². The van der Waals surface area contributed by atoms with E-state index in [0.29, 0.717) is 5.56 Å². The molecule has 1 aliphatic rings. The highest BCUT2D eigenvalue weighted by atomic mass is 17.0. The summed E-state index contributed by atoms with van der Waals surface area (Å²) in [6.45, 7) is 2.52. The van der Waals surface area contributed by atoms with Crippen molar-refractivity contribution in [2.75, 3.05) is 6.61 Å². The Bertz CT molecular complexity index is 834. The molecule has 2 rings (SSSR count). The van der Waals surface area contributed by atoms with E-state index in [-0.39, 0.29) is 47.7 Å². The Balaban J connectivity index is 2.08. The monoisotopic (exact) mass is 394 g/mol. The van der Waals surface area contributed by atoms with Crippen molar-refractivity contribution in [3.05, 3.63) is 66.8 Å². The molecule has 0 bridgehead atoms. The average molecular weight is 394 g/mol. The second-order valence-corrected chi connectivity index (χ2v) is 6.08. The number of nitrogens with zero attached hydrogens (tertiary/aromatic N) is 2. The van der Waals surface area contributed by atoms with Gasteiger partial charge in [0.2, 0.25) is 6.29 Å². The van der Waals surface area contributed by atoms with Gasteiger partial charge in [0.1, 0.15) is 6.10 Å². The lowest BCUT2D eigenvalue weighted by molar-refractivity contribution is -0.783. The molecule has 1 aromatic carbocycles. The van der Waals surface area contributed by atoms with Crippen molar-refractivity contribution < 1.29 is 34.2 Å². The van der Waals surface area contributed by atoms with Crippen molar-refractivity contribution >= 4 is 11.6 Å². The molecule has 0 aromatic heterocycles. The summed E-state index contributed by atoms with van der Waals surface area (Å²) in [6, 6.07) is 6.40. The number of allylic oxidation sites excluding steroid dienone is 2. The second-order valence-electron chi connectivity index (χ2n) is 6.08. The molecular weight excluding hydrogens is 376 g/mol. The van der Waals surface area contributed by atoms with Crippen LogP contribution in [0.5, 0.6) is 0 Å². The molecule has 11 nitrogen and oxygen atoms in total. The zero-order chi connectivity index (χ0) is 20.8. The maximum absolute atomic E-state index is 12.7. The molecule has 0 radical (unpaired) electrons. The number of ketones is 2. The van der Waals surface area contributed by atoms with Gasteiger partial charge in [-0.25, -0.2) is 0 Å². The van der Waals surface area contributed by atoms with Crippen LogP contribution < -0.4 is 0 Å². The van der Waals surface area contributed by atoms with E-state index in [9.17, 15) is 29.8 Å². The van der Waals surface area contributed by atoms with Gasteiger partial charge in [-0.1, -0.05) is 24.3 Å². The fraction of sp³-hybridized carbons (Fsp3) is 0.412. The van der Waals surface area contributed by atoms with Gasteiger partial charge in [0, 0.05) is 28.7 Å². The first kappa shape index (κ1) is 21.0. The van der Waals surface area contributed by atoms with E-state index in [1.165, 1.54) is 13.8 Å². The van der Waals surface area contributed by atoms with E-state index in [2.05, 4.69) is 9.68 Å². The molecule has 11 heteroatoms. The van der Waals surface area contributed by atoms with E-state index in [1.807, 2.05) is 0 Å². The highest BCUT2D eigenvalue weighted by Gasteiger charge is 2.30. The molecule has 0 aliphatic heterocycles. The van der Waals surface area contributed by atoms with E-state index >= 15 is 0 Å². The van der Waals surface area contributed by atoms with Crippen molar-refractivity contribution in [3.8, 4) is 0 Å². The highest BCUT2D eigenvalue weighted by Crippen LogP contribution is 2.29. The van der Waals surface area contributed by atoms with E-state index in [1.54, 1.807) is 24.3 Å². The van der Waals surface area contributed by atoms with Crippen LogP contribution in [0.4, 0.5) is 0 Å². The third kappa shape index (κ3) is 5.10. The van der Waals surface area contributed by atoms with Gasteiger partial charge in [0.15, 0.2) is 11.6 Å². The van der Waals surface area contributed by atoms with Gasteiger partial charge in [-0.05, 0) is 20.3 Å². The van der Waals surface area contributed by atoms with Gasteiger partial charge in [-0.2, -0.15) is 0 Å². The molecule has 0 heterocycles. The number of rotatable bonds is 10.